The average molecular weight is 546 g/mol. The minimum atomic E-state index is -2.38. The first-order valence-electron chi connectivity index (χ1n) is 14.0. The summed E-state index contributed by atoms with van der Waals surface area (Å²) in [4.78, 5) is 0. The van der Waals surface area contributed by atoms with Crippen molar-refractivity contribution < 1.29 is 4.74 Å². The summed E-state index contributed by atoms with van der Waals surface area (Å²) in [5, 5.41) is 10.1. The van der Waals surface area contributed by atoms with Crippen LogP contribution in [0.3, 0.4) is 0 Å². The molecule has 0 aliphatic heterocycles. The number of methoxy groups -OCH3 is 1. The highest BCUT2D eigenvalue weighted by atomic mass is 31.2. The minimum absolute atomic E-state index is 0.883. The van der Waals surface area contributed by atoms with Gasteiger partial charge < -0.3 is 4.74 Å². The van der Waals surface area contributed by atoms with Crippen LogP contribution in [-0.2, 0) is 0 Å². The van der Waals surface area contributed by atoms with Crippen molar-refractivity contribution in [3.8, 4) is 16.9 Å². The van der Waals surface area contributed by atoms with Crippen molar-refractivity contribution in [2.24, 2.45) is 0 Å². The lowest BCUT2D eigenvalue weighted by atomic mass is 9.93. The molecule has 0 aromatic heterocycles. The molecule has 41 heavy (non-hydrogen) atoms. The van der Waals surface area contributed by atoms with E-state index >= 15 is 0 Å². The van der Waals surface area contributed by atoms with E-state index in [-0.39, 0.29) is 0 Å². The predicted molar refractivity (Wildman–Crippen MR) is 178 cm³/mol. The van der Waals surface area contributed by atoms with Crippen molar-refractivity contribution in [3.05, 3.63) is 164 Å². The topological polar surface area (TPSA) is 9.23 Å². The van der Waals surface area contributed by atoms with Crippen LogP contribution in [0.4, 0.5) is 0 Å². The van der Waals surface area contributed by atoms with Gasteiger partial charge in [0.2, 0.25) is 0 Å². The predicted octanol–water partition coefficient (Wildman–Crippen LogP) is 8.29. The fourth-order valence-corrected chi connectivity index (χ4v) is 10.8. The Morgan fingerprint density at radius 2 is 0.805 bits per heavy atom. The van der Waals surface area contributed by atoms with E-state index in [1.165, 1.54) is 48.3 Å². The standard InChI is InChI=1S/C39H30OP/c1-40-36-27-25-29-15-11-13-23-34(29)38(36)39-35-24-14-12-16-30(35)26-28-37(39)41(31-17-5-2-6-18-31,32-19-7-3-8-20-32)33-21-9-4-10-22-33/h2-28H,1H3/q+1. The molecule has 0 amide bonds. The first-order valence-corrected chi connectivity index (χ1v) is 15.8. The Balaban J connectivity index is 1.75. The van der Waals surface area contributed by atoms with Gasteiger partial charge in [-0.25, -0.2) is 0 Å². The molecule has 7 aromatic rings. The summed E-state index contributed by atoms with van der Waals surface area (Å²) in [5.41, 5.74) is 2.38. The van der Waals surface area contributed by atoms with Gasteiger partial charge in [0, 0.05) is 11.1 Å². The molecular formula is C39H30OP+. The fraction of sp³-hybridized carbons (Fsp3) is 0.0256. The molecule has 0 N–H and O–H groups in total. The number of rotatable bonds is 6. The Hall–Kier alpha value is -4.71. The Labute approximate surface area is 242 Å². The molecule has 1 nitrogen and oxygen atoms in total. The fourth-order valence-electron chi connectivity index (χ4n) is 6.30. The summed E-state index contributed by atoms with van der Waals surface area (Å²) in [5.74, 6) is 0.883. The maximum atomic E-state index is 6.15. The van der Waals surface area contributed by atoms with Crippen LogP contribution >= 0.6 is 7.26 Å². The average Bonchev–Trinajstić information content (AvgIpc) is 3.06. The minimum Gasteiger partial charge on any atom is -0.496 e. The van der Waals surface area contributed by atoms with Gasteiger partial charge in [-0.3, -0.25) is 0 Å². The maximum Gasteiger partial charge on any atom is 0.144 e. The quantitative estimate of drug-likeness (QED) is 0.191. The molecule has 196 valence electrons. The lowest BCUT2D eigenvalue weighted by Gasteiger charge is -2.30. The van der Waals surface area contributed by atoms with Crippen LogP contribution < -0.4 is 26.0 Å². The van der Waals surface area contributed by atoms with Crippen LogP contribution in [0.1, 0.15) is 0 Å². The lowest BCUT2D eigenvalue weighted by molar-refractivity contribution is 0.417. The highest BCUT2D eigenvalue weighted by Gasteiger charge is 2.50. The second-order valence-corrected chi connectivity index (χ2v) is 13.6. The second kappa shape index (κ2) is 10.7. The molecule has 7 aromatic carbocycles. The molecule has 0 saturated heterocycles. The molecule has 2 heteroatoms. The zero-order chi connectivity index (χ0) is 27.6. The molecule has 0 fully saturated rings. The Morgan fingerprint density at radius 1 is 0.390 bits per heavy atom. The van der Waals surface area contributed by atoms with Gasteiger partial charge in [0.15, 0.2) is 0 Å². The summed E-state index contributed by atoms with van der Waals surface area (Å²) in [7, 11) is -0.593. The number of benzene rings is 7. The van der Waals surface area contributed by atoms with E-state index in [9.17, 15) is 0 Å². The van der Waals surface area contributed by atoms with Crippen LogP contribution in [-0.4, -0.2) is 7.11 Å². The molecule has 0 heterocycles. The number of fused-ring (bicyclic) bond motifs is 2. The molecule has 0 unspecified atom stereocenters. The SMILES string of the molecule is COc1ccc2ccccc2c1-c1c([P+](c2ccccc2)(c2ccccc2)c2ccccc2)ccc2ccccc12. The zero-order valence-corrected chi connectivity index (χ0v) is 23.8. The third kappa shape index (κ3) is 4.13. The van der Waals surface area contributed by atoms with Crippen molar-refractivity contribution in [2.45, 2.75) is 0 Å². The lowest BCUT2D eigenvalue weighted by Crippen LogP contribution is -2.39. The number of hydrogen-bond acceptors (Lipinski definition) is 1. The number of ether oxygens (including phenoxy) is 1. The second-order valence-electron chi connectivity index (χ2n) is 10.2. The zero-order valence-electron chi connectivity index (χ0n) is 22.9. The van der Waals surface area contributed by atoms with Crippen LogP contribution in [0.5, 0.6) is 5.75 Å². The summed E-state index contributed by atoms with van der Waals surface area (Å²) in [6, 6.07) is 59.7. The molecule has 0 saturated carbocycles. The van der Waals surface area contributed by atoms with E-state index in [0.29, 0.717) is 0 Å². The first kappa shape index (κ1) is 25.3. The third-order valence-corrected chi connectivity index (χ3v) is 12.4. The van der Waals surface area contributed by atoms with Gasteiger partial charge in [-0.2, -0.15) is 0 Å². The summed E-state index contributed by atoms with van der Waals surface area (Å²) in [6.07, 6.45) is 0. The molecule has 0 atom stereocenters. The molecule has 0 aliphatic rings. The molecule has 7 rings (SSSR count). The smallest absolute Gasteiger partial charge is 0.144 e. The molecular weight excluding hydrogens is 515 g/mol. The summed E-state index contributed by atoms with van der Waals surface area (Å²) in [6.45, 7) is 0. The van der Waals surface area contributed by atoms with Gasteiger partial charge in [0.1, 0.15) is 34.2 Å². The molecule has 0 aliphatic carbocycles. The third-order valence-electron chi connectivity index (χ3n) is 8.06. The van der Waals surface area contributed by atoms with E-state index in [2.05, 4.69) is 164 Å². The number of hydrogen-bond donors (Lipinski definition) is 0. The summed E-state index contributed by atoms with van der Waals surface area (Å²) >= 11 is 0. The summed E-state index contributed by atoms with van der Waals surface area (Å²) < 4.78 is 6.15. The van der Waals surface area contributed by atoms with Crippen molar-refractivity contribution in [3.63, 3.8) is 0 Å². The Bertz CT molecular complexity index is 1870. The van der Waals surface area contributed by atoms with Crippen LogP contribution in [0.25, 0.3) is 32.7 Å². The van der Waals surface area contributed by atoms with E-state index in [4.69, 9.17) is 4.74 Å². The van der Waals surface area contributed by atoms with Crippen LogP contribution in [0.15, 0.2) is 164 Å². The van der Waals surface area contributed by atoms with Crippen LogP contribution in [0.2, 0.25) is 0 Å². The molecule has 0 spiro atoms. The highest BCUT2D eigenvalue weighted by molar-refractivity contribution is 8.01. The molecule has 0 bridgehead atoms. The maximum absolute atomic E-state index is 6.15. The van der Waals surface area contributed by atoms with Crippen molar-refractivity contribution >= 4 is 50.0 Å². The van der Waals surface area contributed by atoms with Gasteiger partial charge in [0.05, 0.1) is 7.11 Å². The van der Waals surface area contributed by atoms with Gasteiger partial charge >= 0.3 is 0 Å². The van der Waals surface area contributed by atoms with Crippen molar-refractivity contribution in [1.29, 1.82) is 0 Å². The van der Waals surface area contributed by atoms with Gasteiger partial charge in [-0.15, -0.1) is 0 Å². The molecule has 0 radical (unpaired) electrons. The van der Waals surface area contributed by atoms with E-state index < -0.39 is 7.26 Å². The van der Waals surface area contributed by atoms with Gasteiger partial charge in [-0.05, 0) is 70.1 Å². The van der Waals surface area contributed by atoms with Crippen LogP contribution in [0, 0.1) is 0 Å². The van der Waals surface area contributed by atoms with Crippen molar-refractivity contribution in [1.82, 2.24) is 0 Å². The Kier molecular flexibility index (Phi) is 6.59. The normalized spacial score (nSPS) is 11.5. The van der Waals surface area contributed by atoms with Gasteiger partial charge in [0.25, 0.3) is 0 Å². The van der Waals surface area contributed by atoms with E-state index in [1.54, 1.807) is 7.11 Å². The van der Waals surface area contributed by atoms with Crippen molar-refractivity contribution in [2.75, 3.05) is 7.11 Å². The van der Waals surface area contributed by atoms with Gasteiger partial charge in [-0.1, -0.05) is 115 Å². The highest BCUT2D eigenvalue weighted by Crippen LogP contribution is 2.57. The van der Waals surface area contributed by atoms with E-state index in [0.717, 1.165) is 11.3 Å². The largest absolute Gasteiger partial charge is 0.496 e. The monoisotopic (exact) mass is 545 g/mol. The first-order chi connectivity index (χ1) is 20.3. The Morgan fingerprint density at radius 3 is 1.29 bits per heavy atom. The van der Waals surface area contributed by atoms with E-state index in [1.807, 2.05) is 0 Å².